The summed E-state index contributed by atoms with van der Waals surface area (Å²) in [6.45, 7) is 2.66. The number of Topliss-reactive ketones (excluding diaryl/α,β-unsaturated/α-hetero) is 1. The lowest BCUT2D eigenvalue weighted by molar-refractivity contribution is 0.0797. The number of aryl methyl sites for hydroxylation is 1. The van der Waals surface area contributed by atoms with E-state index in [4.69, 9.17) is 0 Å². The molecule has 0 aliphatic carbocycles. The molecular weight excluding hydrogens is 326 g/mol. The van der Waals surface area contributed by atoms with Gasteiger partial charge in [0.2, 0.25) is 5.78 Å². The van der Waals surface area contributed by atoms with Crippen LogP contribution in [-0.4, -0.2) is 43.1 Å². The van der Waals surface area contributed by atoms with Crippen molar-refractivity contribution in [2.75, 3.05) is 13.1 Å². The summed E-state index contributed by atoms with van der Waals surface area (Å²) in [6, 6.07) is 10.3. The summed E-state index contributed by atoms with van der Waals surface area (Å²) in [6.07, 6.45) is 9.23. The van der Waals surface area contributed by atoms with E-state index in [9.17, 15) is 4.79 Å². The molecule has 6 nitrogen and oxygen atoms in total. The van der Waals surface area contributed by atoms with Gasteiger partial charge in [-0.1, -0.05) is 12.1 Å². The summed E-state index contributed by atoms with van der Waals surface area (Å²) in [5, 5.41) is 4.30. The molecule has 1 atom stereocenters. The molecule has 1 aliphatic rings. The fourth-order valence-electron chi connectivity index (χ4n) is 3.68. The SMILES string of the molecule is Cn1ccnc1C(=O)[C@@H]1CCCN(Cc2cccc(-n3cccn3)c2)C1. The van der Waals surface area contributed by atoms with Crippen LogP contribution in [0.25, 0.3) is 5.69 Å². The molecule has 26 heavy (non-hydrogen) atoms. The first-order chi connectivity index (χ1) is 12.7. The van der Waals surface area contributed by atoms with Crippen LogP contribution < -0.4 is 0 Å². The molecule has 0 saturated carbocycles. The van der Waals surface area contributed by atoms with E-state index in [2.05, 4.69) is 39.2 Å². The highest BCUT2D eigenvalue weighted by molar-refractivity contribution is 5.94. The third-order valence-corrected chi connectivity index (χ3v) is 5.00. The smallest absolute Gasteiger partial charge is 0.202 e. The highest BCUT2D eigenvalue weighted by Gasteiger charge is 2.28. The topological polar surface area (TPSA) is 56.0 Å². The zero-order chi connectivity index (χ0) is 17.9. The number of rotatable bonds is 5. The lowest BCUT2D eigenvalue weighted by Crippen LogP contribution is -2.38. The lowest BCUT2D eigenvalue weighted by atomic mass is 9.93. The number of imidazole rings is 1. The van der Waals surface area contributed by atoms with Crippen molar-refractivity contribution in [3.63, 3.8) is 0 Å². The van der Waals surface area contributed by atoms with E-state index >= 15 is 0 Å². The van der Waals surface area contributed by atoms with Gasteiger partial charge in [-0.2, -0.15) is 5.10 Å². The maximum absolute atomic E-state index is 12.8. The van der Waals surface area contributed by atoms with Gasteiger partial charge in [0.15, 0.2) is 5.82 Å². The Balaban J connectivity index is 1.45. The maximum atomic E-state index is 12.8. The molecule has 0 amide bonds. The van der Waals surface area contributed by atoms with Crippen molar-refractivity contribution in [2.24, 2.45) is 13.0 Å². The Labute approximate surface area is 153 Å². The Morgan fingerprint density at radius 2 is 2.15 bits per heavy atom. The third kappa shape index (κ3) is 3.46. The first-order valence-corrected chi connectivity index (χ1v) is 9.03. The molecule has 0 unspecified atom stereocenters. The Bertz CT molecular complexity index is 883. The minimum absolute atomic E-state index is 0.0270. The average Bonchev–Trinajstić information content (AvgIpc) is 3.33. The Morgan fingerprint density at radius 1 is 1.23 bits per heavy atom. The van der Waals surface area contributed by atoms with Gasteiger partial charge in [0.25, 0.3) is 0 Å². The number of carbonyl (C=O) groups is 1. The number of hydrogen-bond donors (Lipinski definition) is 0. The van der Waals surface area contributed by atoms with Gasteiger partial charge in [-0.25, -0.2) is 9.67 Å². The normalized spacial score (nSPS) is 18.1. The molecule has 1 fully saturated rings. The van der Waals surface area contributed by atoms with Gasteiger partial charge in [0, 0.05) is 50.8 Å². The number of carbonyl (C=O) groups excluding carboxylic acids is 1. The molecule has 4 rings (SSSR count). The first-order valence-electron chi connectivity index (χ1n) is 9.03. The number of likely N-dealkylation sites (tertiary alicyclic amines) is 1. The number of nitrogens with zero attached hydrogens (tertiary/aromatic N) is 5. The summed E-state index contributed by atoms with van der Waals surface area (Å²) in [5.41, 5.74) is 2.30. The van der Waals surface area contributed by atoms with E-state index < -0.39 is 0 Å². The first kappa shape index (κ1) is 16.7. The molecule has 1 saturated heterocycles. The van der Waals surface area contributed by atoms with Crippen LogP contribution in [-0.2, 0) is 13.6 Å². The summed E-state index contributed by atoms with van der Waals surface area (Å²) >= 11 is 0. The van der Waals surface area contributed by atoms with Gasteiger partial charge in [0.1, 0.15) is 0 Å². The van der Waals surface area contributed by atoms with Gasteiger partial charge < -0.3 is 4.57 Å². The molecule has 0 radical (unpaired) electrons. The molecule has 0 bridgehead atoms. The monoisotopic (exact) mass is 349 g/mol. The van der Waals surface area contributed by atoms with E-state index in [0.29, 0.717) is 5.82 Å². The van der Waals surface area contributed by atoms with Crippen molar-refractivity contribution in [1.29, 1.82) is 0 Å². The summed E-state index contributed by atoms with van der Waals surface area (Å²) in [4.78, 5) is 19.4. The van der Waals surface area contributed by atoms with Crippen molar-refractivity contribution in [2.45, 2.75) is 19.4 Å². The number of piperidine rings is 1. The van der Waals surface area contributed by atoms with Crippen LogP contribution in [0.4, 0.5) is 0 Å². The van der Waals surface area contributed by atoms with Gasteiger partial charge >= 0.3 is 0 Å². The van der Waals surface area contributed by atoms with E-state index in [1.807, 2.05) is 34.8 Å². The molecule has 2 aromatic heterocycles. The molecule has 3 aromatic rings. The van der Waals surface area contributed by atoms with Gasteiger partial charge in [-0.05, 0) is 43.1 Å². The van der Waals surface area contributed by atoms with Crippen LogP contribution in [0.5, 0.6) is 0 Å². The Morgan fingerprint density at radius 3 is 2.92 bits per heavy atom. The molecule has 1 aliphatic heterocycles. The molecule has 134 valence electrons. The molecule has 3 heterocycles. The summed E-state index contributed by atoms with van der Waals surface area (Å²) < 4.78 is 3.68. The second kappa shape index (κ2) is 7.25. The molecule has 0 N–H and O–H groups in total. The van der Waals surface area contributed by atoms with Crippen molar-refractivity contribution in [1.82, 2.24) is 24.2 Å². The van der Waals surface area contributed by atoms with E-state index in [1.54, 1.807) is 12.4 Å². The molecule has 1 aromatic carbocycles. The highest BCUT2D eigenvalue weighted by Crippen LogP contribution is 2.22. The van der Waals surface area contributed by atoms with Crippen molar-refractivity contribution < 1.29 is 4.79 Å². The largest absolute Gasteiger partial charge is 0.332 e. The van der Waals surface area contributed by atoms with Crippen LogP contribution in [0.2, 0.25) is 0 Å². The van der Waals surface area contributed by atoms with Crippen molar-refractivity contribution in [3.8, 4) is 5.69 Å². The predicted molar refractivity (Wildman–Crippen MR) is 99.1 cm³/mol. The average molecular weight is 349 g/mol. The van der Waals surface area contributed by atoms with Crippen LogP contribution in [0.15, 0.2) is 55.1 Å². The Kier molecular flexibility index (Phi) is 4.67. The number of ketones is 1. The van der Waals surface area contributed by atoms with E-state index in [0.717, 1.165) is 38.2 Å². The second-order valence-corrected chi connectivity index (χ2v) is 6.92. The summed E-state index contributed by atoms with van der Waals surface area (Å²) in [7, 11) is 1.88. The zero-order valence-corrected chi connectivity index (χ0v) is 15.0. The van der Waals surface area contributed by atoms with Crippen LogP contribution >= 0.6 is 0 Å². The standard InChI is InChI=1S/C20H23N5O/c1-23-12-9-21-20(23)19(26)17-6-3-10-24(15-17)14-16-5-2-7-18(13-16)25-11-4-8-22-25/h2,4-5,7-9,11-13,17H,3,6,10,14-15H2,1H3/t17-/m1/s1. The minimum atomic E-state index is 0.0270. The van der Waals surface area contributed by atoms with Gasteiger partial charge in [0.05, 0.1) is 5.69 Å². The number of hydrogen-bond acceptors (Lipinski definition) is 4. The van der Waals surface area contributed by atoms with Crippen molar-refractivity contribution >= 4 is 5.78 Å². The highest BCUT2D eigenvalue weighted by atomic mass is 16.1. The van der Waals surface area contributed by atoms with Crippen molar-refractivity contribution in [3.05, 3.63) is 66.5 Å². The molecule has 6 heteroatoms. The number of benzene rings is 1. The van der Waals surface area contributed by atoms with Gasteiger partial charge in [-0.3, -0.25) is 9.69 Å². The second-order valence-electron chi connectivity index (χ2n) is 6.92. The number of aromatic nitrogens is 4. The quantitative estimate of drug-likeness (QED) is 0.665. The zero-order valence-electron chi connectivity index (χ0n) is 15.0. The van der Waals surface area contributed by atoms with Crippen LogP contribution in [0.1, 0.15) is 29.0 Å². The van der Waals surface area contributed by atoms with E-state index in [-0.39, 0.29) is 11.7 Å². The molecular formula is C20H23N5O. The fraction of sp³-hybridized carbons (Fsp3) is 0.350. The fourth-order valence-corrected chi connectivity index (χ4v) is 3.68. The Hall–Kier alpha value is -2.73. The maximum Gasteiger partial charge on any atom is 0.202 e. The third-order valence-electron chi connectivity index (χ3n) is 5.00. The van der Waals surface area contributed by atoms with Crippen LogP contribution in [0, 0.1) is 5.92 Å². The predicted octanol–water partition coefficient (Wildman–Crippen LogP) is 2.70. The van der Waals surface area contributed by atoms with E-state index in [1.165, 1.54) is 5.56 Å². The summed E-state index contributed by atoms with van der Waals surface area (Å²) in [5.74, 6) is 0.754. The lowest BCUT2D eigenvalue weighted by Gasteiger charge is -2.31. The molecule has 0 spiro atoms. The van der Waals surface area contributed by atoms with Crippen LogP contribution in [0.3, 0.4) is 0 Å². The van der Waals surface area contributed by atoms with Gasteiger partial charge in [-0.15, -0.1) is 0 Å². The minimum Gasteiger partial charge on any atom is -0.332 e.